The summed E-state index contributed by atoms with van der Waals surface area (Å²) in [5, 5.41) is 19.9. The summed E-state index contributed by atoms with van der Waals surface area (Å²) in [6.45, 7) is 3.32. The lowest BCUT2D eigenvalue weighted by Crippen LogP contribution is -2.32. The Hall–Kier alpha value is -2.31. The molecule has 1 N–H and O–H groups in total. The first-order valence-corrected chi connectivity index (χ1v) is 5.58. The quantitative estimate of drug-likeness (QED) is 0.627. The van der Waals surface area contributed by atoms with Gasteiger partial charge in [-0.1, -0.05) is 13.8 Å². The molecule has 1 rings (SSSR count). The first-order valence-electron chi connectivity index (χ1n) is 5.58. The van der Waals surface area contributed by atoms with Gasteiger partial charge < -0.3 is 14.6 Å². The normalized spacial score (nSPS) is 12.0. The molecular weight excluding hydrogens is 254 g/mol. The number of carbonyl (C=O) groups is 1. The third kappa shape index (κ3) is 3.57. The fourth-order valence-electron chi connectivity index (χ4n) is 1.47. The average molecular weight is 269 g/mol. The van der Waals surface area contributed by atoms with Gasteiger partial charge >= 0.3 is 11.7 Å². The molecule has 1 unspecified atom stereocenters. The van der Waals surface area contributed by atoms with Gasteiger partial charge in [0.25, 0.3) is 0 Å². The van der Waals surface area contributed by atoms with Gasteiger partial charge in [-0.25, -0.2) is 4.79 Å². The molecule has 7 nitrogen and oxygen atoms in total. The van der Waals surface area contributed by atoms with Crippen molar-refractivity contribution in [3.8, 4) is 11.5 Å². The van der Waals surface area contributed by atoms with E-state index in [1.165, 1.54) is 25.3 Å². The summed E-state index contributed by atoms with van der Waals surface area (Å²) in [4.78, 5) is 21.3. The minimum absolute atomic E-state index is 0.0908. The topological polar surface area (TPSA) is 98.9 Å². The number of aliphatic carboxylic acids is 1. The zero-order valence-corrected chi connectivity index (χ0v) is 10.8. The fraction of sp³-hybridized carbons (Fsp3) is 0.417. The van der Waals surface area contributed by atoms with Crippen molar-refractivity contribution in [3.63, 3.8) is 0 Å². The second-order valence-corrected chi connectivity index (χ2v) is 4.21. The summed E-state index contributed by atoms with van der Waals surface area (Å²) in [5.74, 6) is -1.28. The number of nitrogens with zero attached hydrogens (tertiary/aromatic N) is 1. The van der Waals surface area contributed by atoms with Crippen LogP contribution in [0.5, 0.6) is 11.5 Å². The molecule has 0 heterocycles. The molecule has 0 radical (unpaired) electrons. The monoisotopic (exact) mass is 269 g/mol. The second-order valence-electron chi connectivity index (χ2n) is 4.21. The van der Waals surface area contributed by atoms with Crippen LogP contribution >= 0.6 is 0 Å². The smallest absolute Gasteiger partial charge is 0.345 e. The Labute approximate surface area is 109 Å². The van der Waals surface area contributed by atoms with Crippen LogP contribution in [0, 0.1) is 16.0 Å². The van der Waals surface area contributed by atoms with Crippen LogP contribution in [0.15, 0.2) is 18.2 Å². The highest BCUT2D eigenvalue weighted by atomic mass is 16.6. The van der Waals surface area contributed by atoms with Gasteiger partial charge in [0.15, 0.2) is 11.9 Å². The van der Waals surface area contributed by atoms with Crippen molar-refractivity contribution in [3.05, 3.63) is 28.3 Å². The van der Waals surface area contributed by atoms with Gasteiger partial charge in [0.05, 0.1) is 18.1 Å². The van der Waals surface area contributed by atoms with E-state index in [9.17, 15) is 14.9 Å². The van der Waals surface area contributed by atoms with Crippen molar-refractivity contribution in [2.24, 2.45) is 5.92 Å². The van der Waals surface area contributed by atoms with E-state index in [2.05, 4.69) is 0 Å². The van der Waals surface area contributed by atoms with E-state index in [0.29, 0.717) is 5.75 Å². The number of ether oxygens (including phenoxy) is 2. The second kappa shape index (κ2) is 6.03. The Kier molecular flexibility index (Phi) is 4.68. The molecule has 0 aliphatic carbocycles. The highest BCUT2D eigenvalue weighted by Gasteiger charge is 2.27. The molecule has 1 aromatic carbocycles. The zero-order valence-electron chi connectivity index (χ0n) is 10.8. The van der Waals surface area contributed by atoms with E-state index in [1.54, 1.807) is 13.8 Å². The van der Waals surface area contributed by atoms with E-state index in [0.717, 1.165) is 0 Å². The zero-order chi connectivity index (χ0) is 14.6. The molecule has 1 aromatic rings. The van der Waals surface area contributed by atoms with Gasteiger partial charge in [0, 0.05) is 5.92 Å². The number of methoxy groups -OCH3 is 1. The minimum Gasteiger partial charge on any atom is -0.496 e. The number of nitro groups is 1. The summed E-state index contributed by atoms with van der Waals surface area (Å²) >= 11 is 0. The fourth-order valence-corrected chi connectivity index (χ4v) is 1.47. The summed E-state index contributed by atoms with van der Waals surface area (Å²) in [6, 6.07) is 3.99. The van der Waals surface area contributed by atoms with Gasteiger partial charge in [-0.15, -0.1) is 0 Å². The Morgan fingerprint density at radius 3 is 2.47 bits per heavy atom. The molecule has 0 aliphatic rings. The van der Waals surface area contributed by atoms with Crippen LogP contribution in [0.2, 0.25) is 0 Å². The maximum atomic E-state index is 11.0. The van der Waals surface area contributed by atoms with Crippen LogP contribution in [-0.4, -0.2) is 29.2 Å². The summed E-state index contributed by atoms with van der Waals surface area (Å²) in [5.41, 5.74) is -0.328. The molecule has 0 spiro atoms. The maximum absolute atomic E-state index is 11.0. The predicted molar refractivity (Wildman–Crippen MR) is 66.5 cm³/mol. The molecule has 19 heavy (non-hydrogen) atoms. The first-order chi connectivity index (χ1) is 8.86. The third-order valence-corrected chi connectivity index (χ3v) is 2.47. The molecule has 0 saturated heterocycles. The maximum Gasteiger partial charge on any atom is 0.345 e. The van der Waals surface area contributed by atoms with Crippen molar-refractivity contribution in [1.29, 1.82) is 0 Å². The lowest BCUT2D eigenvalue weighted by Gasteiger charge is -2.18. The summed E-state index contributed by atoms with van der Waals surface area (Å²) in [7, 11) is 1.38. The standard InChI is InChI=1S/C12H15NO6/c1-7(2)11(12(14)15)19-10-5-4-8(18-3)6-9(10)13(16)17/h4-7,11H,1-3H3,(H,14,15). The van der Waals surface area contributed by atoms with E-state index in [1.807, 2.05) is 0 Å². The molecule has 0 aliphatic heterocycles. The molecule has 0 amide bonds. The van der Waals surface area contributed by atoms with Gasteiger partial charge in [-0.3, -0.25) is 10.1 Å². The summed E-state index contributed by atoms with van der Waals surface area (Å²) < 4.78 is 10.1. The number of nitro benzene ring substituents is 1. The van der Waals surface area contributed by atoms with E-state index >= 15 is 0 Å². The predicted octanol–water partition coefficient (Wildman–Crippen LogP) is 2.09. The van der Waals surface area contributed by atoms with Crippen LogP contribution in [0.1, 0.15) is 13.8 Å². The molecule has 0 bridgehead atoms. The third-order valence-electron chi connectivity index (χ3n) is 2.47. The van der Waals surface area contributed by atoms with Gasteiger partial charge in [0.2, 0.25) is 0 Å². The van der Waals surface area contributed by atoms with Crippen molar-refractivity contribution in [1.82, 2.24) is 0 Å². The number of carboxylic acid groups (broad SMARTS) is 1. The van der Waals surface area contributed by atoms with Crippen molar-refractivity contribution in [2.75, 3.05) is 7.11 Å². The lowest BCUT2D eigenvalue weighted by atomic mass is 10.1. The Morgan fingerprint density at radius 1 is 1.42 bits per heavy atom. The number of benzene rings is 1. The van der Waals surface area contributed by atoms with E-state index in [4.69, 9.17) is 14.6 Å². The van der Waals surface area contributed by atoms with Crippen molar-refractivity contribution < 1.29 is 24.3 Å². The molecule has 0 fully saturated rings. The Bertz CT molecular complexity index is 485. The number of hydrogen-bond donors (Lipinski definition) is 1. The molecule has 0 aromatic heterocycles. The SMILES string of the molecule is COc1ccc(OC(C(=O)O)C(C)C)c([N+](=O)[O-])c1. The first kappa shape index (κ1) is 14.7. The van der Waals surface area contributed by atoms with Crippen molar-refractivity contribution in [2.45, 2.75) is 20.0 Å². The highest BCUT2D eigenvalue weighted by molar-refractivity contribution is 5.73. The average Bonchev–Trinajstić information content (AvgIpc) is 2.34. The molecule has 1 atom stereocenters. The van der Waals surface area contributed by atoms with Gasteiger partial charge in [0.1, 0.15) is 5.75 Å². The largest absolute Gasteiger partial charge is 0.496 e. The molecule has 0 saturated carbocycles. The molecule has 7 heteroatoms. The Morgan fingerprint density at radius 2 is 2.05 bits per heavy atom. The minimum atomic E-state index is -1.17. The van der Waals surface area contributed by atoms with Gasteiger partial charge in [-0.2, -0.15) is 0 Å². The number of hydrogen-bond acceptors (Lipinski definition) is 5. The summed E-state index contributed by atoms with van der Waals surface area (Å²) in [6.07, 6.45) is -1.15. The van der Waals surface area contributed by atoms with Gasteiger partial charge in [-0.05, 0) is 12.1 Å². The molecular formula is C12H15NO6. The molecule has 104 valence electrons. The van der Waals surface area contributed by atoms with Crippen LogP contribution < -0.4 is 9.47 Å². The van der Waals surface area contributed by atoms with Crippen LogP contribution in [0.3, 0.4) is 0 Å². The number of carboxylic acids is 1. The lowest BCUT2D eigenvalue weighted by molar-refractivity contribution is -0.386. The number of rotatable bonds is 6. The van der Waals surface area contributed by atoms with Crippen LogP contribution in [0.25, 0.3) is 0 Å². The van der Waals surface area contributed by atoms with E-state index in [-0.39, 0.29) is 17.4 Å². The van der Waals surface area contributed by atoms with Crippen molar-refractivity contribution >= 4 is 11.7 Å². The van der Waals surface area contributed by atoms with E-state index < -0.39 is 17.0 Å². The highest BCUT2D eigenvalue weighted by Crippen LogP contribution is 2.32. The van der Waals surface area contributed by atoms with Crippen LogP contribution in [-0.2, 0) is 4.79 Å². The van der Waals surface area contributed by atoms with Crippen LogP contribution in [0.4, 0.5) is 5.69 Å². The Balaban J connectivity index is 3.12.